The Morgan fingerprint density at radius 3 is 2.14 bits per heavy atom. The Morgan fingerprint density at radius 2 is 1.62 bits per heavy atom. The first-order valence-corrected chi connectivity index (χ1v) is 7.36. The van der Waals surface area contributed by atoms with Gasteiger partial charge in [0.05, 0.1) is 6.54 Å². The van der Waals surface area contributed by atoms with Crippen LogP contribution in [0.2, 0.25) is 0 Å². The topological polar surface area (TPSA) is 81.2 Å². The summed E-state index contributed by atoms with van der Waals surface area (Å²) >= 11 is 0. The van der Waals surface area contributed by atoms with E-state index in [1.165, 1.54) is 6.92 Å². The Hall–Kier alpha value is -1.63. The average Bonchev–Trinajstić information content (AvgIpc) is 2.81. The van der Waals surface area contributed by atoms with E-state index in [2.05, 4.69) is 0 Å². The molecule has 0 radical (unpaired) electrons. The first kappa shape index (κ1) is 15.8. The zero-order valence-electron chi connectivity index (χ0n) is 12.7. The number of amides is 2. The number of carboxylic acid groups (broad SMARTS) is 1. The van der Waals surface area contributed by atoms with E-state index in [0.29, 0.717) is 39.1 Å². The lowest BCUT2D eigenvalue weighted by Gasteiger charge is -2.37. The van der Waals surface area contributed by atoms with Gasteiger partial charge in [-0.25, -0.2) is 0 Å². The lowest BCUT2D eigenvalue weighted by atomic mass is 9.99. The molecule has 0 aromatic heterocycles. The molecule has 0 bridgehead atoms. The lowest BCUT2D eigenvalue weighted by molar-refractivity contribution is -0.150. The van der Waals surface area contributed by atoms with Crippen molar-refractivity contribution in [2.24, 2.45) is 0 Å². The van der Waals surface area contributed by atoms with Crippen LogP contribution in [-0.2, 0) is 14.4 Å². The fraction of sp³-hybridized carbons (Fsp3) is 0.786. The molecule has 0 aliphatic carbocycles. The van der Waals surface area contributed by atoms with Gasteiger partial charge in [-0.3, -0.25) is 19.3 Å². The molecule has 2 rings (SSSR count). The quantitative estimate of drug-likeness (QED) is 0.768. The van der Waals surface area contributed by atoms with Crippen molar-refractivity contribution in [1.29, 1.82) is 0 Å². The van der Waals surface area contributed by atoms with Gasteiger partial charge in [-0.15, -0.1) is 0 Å². The van der Waals surface area contributed by atoms with Crippen molar-refractivity contribution in [3.05, 3.63) is 0 Å². The Balaban J connectivity index is 1.91. The molecule has 2 aliphatic rings. The van der Waals surface area contributed by atoms with Crippen LogP contribution in [0.4, 0.5) is 0 Å². The highest BCUT2D eigenvalue weighted by Gasteiger charge is 2.44. The monoisotopic (exact) mass is 297 g/mol. The minimum absolute atomic E-state index is 0.0279. The van der Waals surface area contributed by atoms with Crippen LogP contribution in [0.15, 0.2) is 0 Å². The van der Waals surface area contributed by atoms with Crippen LogP contribution in [0.3, 0.4) is 0 Å². The first-order chi connectivity index (χ1) is 9.84. The van der Waals surface area contributed by atoms with Gasteiger partial charge in [-0.05, 0) is 26.3 Å². The van der Waals surface area contributed by atoms with Crippen molar-refractivity contribution < 1.29 is 19.5 Å². The molecule has 2 fully saturated rings. The Kier molecular flexibility index (Phi) is 4.51. The molecular formula is C14H23N3O4. The molecule has 118 valence electrons. The molecule has 1 atom stereocenters. The summed E-state index contributed by atoms with van der Waals surface area (Å²) in [5, 5.41) is 9.35. The second-order valence-electron chi connectivity index (χ2n) is 5.99. The maximum absolute atomic E-state index is 12.3. The molecule has 1 unspecified atom stereocenters. The van der Waals surface area contributed by atoms with Crippen LogP contribution in [0, 0.1) is 0 Å². The molecule has 2 aliphatic heterocycles. The van der Waals surface area contributed by atoms with Crippen molar-refractivity contribution in [2.75, 3.05) is 39.3 Å². The molecule has 0 aromatic carbocycles. The second kappa shape index (κ2) is 6.01. The predicted octanol–water partition coefficient (Wildman–Crippen LogP) is -0.384. The van der Waals surface area contributed by atoms with Gasteiger partial charge in [-0.1, -0.05) is 0 Å². The first-order valence-electron chi connectivity index (χ1n) is 7.36. The zero-order valence-corrected chi connectivity index (χ0v) is 12.7. The van der Waals surface area contributed by atoms with E-state index < -0.39 is 11.5 Å². The average molecular weight is 297 g/mol. The van der Waals surface area contributed by atoms with Crippen molar-refractivity contribution in [2.45, 2.75) is 32.2 Å². The Morgan fingerprint density at radius 1 is 1.05 bits per heavy atom. The van der Waals surface area contributed by atoms with Crippen LogP contribution in [-0.4, -0.2) is 82.4 Å². The van der Waals surface area contributed by atoms with Crippen LogP contribution >= 0.6 is 0 Å². The van der Waals surface area contributed by atoms with E-state index >= 15 is 0 Å². The lowest BCUT2D eigenvalue weighted by Crippen LogP contribution is -2.55. The smallest absolute Gasteiger partial charge is 0.323 e. The predicted molar refractivity (Wildman–Crippen MR) is 75.7 cm³/mol. The van der Waals surface area contributed by atoms with Crippen LogP contribution in [0.25, 0.3) is 0 Å². The number of piperazine rings is 1. The summed E-state index contributed by atoms with van der Waals surface area (Å²) in [5.41, 5.74) is -0.934. The normalized spacial score (nSPS) is 27.0. The van der Waals surface area contributed by atoms with Gasteiger partial charge in [0, 0.05) is 33.1 Å². The van der Waals surface area contributed by atoms with Gasteiger partial charge >= 0.3 is 5.97 Å². The number of hydrogen-bond donors (Lipinski definition) is 1. The second-order valence-corrected chi connectivity index (χ2v) is 5.99. The number of hydrogen-bond acceptors (Lipinski definition) is 4. The van der Waals surface area contributed by atoms with E-state index in [0.717, 1.165) is 6.42 Å². The van der Waals surface area contributed by atoms with Crippen LogP contribution < -0.4 is 0 Å². The summed E-state index contributed by atoms with van der Waals surface area (Å²) in [4.78, 5) is 40.2. The molecule has 2 heterocycles. The molecule has 21 heavy (non-hydrogen) atoms. The number of carbonyl (C=O) groups excluding carboxylic acids is 2. The molecule has 0 aromatic rings. The van der Waals surface area contributed by atoms with Crippen LogP contribution in [0.1, 0.15) is 26.7 Å². The van der Waals surface area contributed by atoms with E-state index in [4.69, 9.17) is 0 Å². The molecule has 0 spiro atoms. The number of carbonyl (C=O) groups is 3. The molecule has 0 saturated carbocycles. The van der Waals surface area contributed by atoms with E-state index in [9.17, 15) is 19.5 Å². The molecule has 2 amide bonds. The third kappa shape index (κ3) is 3.18. The highest BCUT2D eigenvalue weighted by molar-refractivity contribution is 5.82. The highest BCUT2D eigenvalue weighted by atomic mass is 16.4. The largest absolute Gasteiger partial charge is 0.480 e. The van der Waals surface area contributed by atoms with Gasteiger partial charge in [0.2, 0.25) is 11.8 Å². The fourth-order valence-corrected chi connectivity index (χ4v) is 3.05. The van der Waals surface area contributed by atoms with Gasteiger partial charge in [0.1, 0.15) is 5.54 Å². The van der Waals surface area contributed by atoms with Gasteiger partial charge in [0.15, 0.2) is 0 Å². The van der Waals surface area contributed by atoms with Gasteiger partial charge in [0.25, 0.3) is 0 Å². The minimum atomic E-state index is -0.934. The maximum Gasteiger partial charge on any atom is 0.323 e. The molecule has 7 nitrogen and oxygen atoms in total. The van der Waals surface area contributed by atoms with Crippen LogP contribution in [0.5, 0.6) is 0 Å². The number of nitrogens with zero attached hydrogens (tertiary/aromatic N) is 3. The Labute approximate surface area is 124 Å². The number of aliphatic carboxylic acids is 1. The van der Waals surface area contributed by atoms with Crippen molar-refractivity contribution in [3.8, 4) is 0 Å². The third-order valence-corrected chi connectivity index (χ3v) is 4.65. The van der Waals surface area contributed by atoms with E-state index in [-0.39, 0.29) is 18.4 Å². The minimum Gasteiger partial charge on any atom is -0.480 e. The van der Waals surface area contributed by atoms with E-state index in [1.54, 1.807) is 21.6 Å². The summed E-state index contributed by atoms with van der Waals surface area (Å²) in [5.74, 6) is -0.887. The van der Waals surface area contributed by atoms with Crippen molar-refractivity contribution in [3.63, 3.8) is 0 Å². The summed E-state index contributed by atoms with van der Waals surface area (Å²) in [7, 11) is 0. The molecule has 1 N–H and O–H groups in total. The van der Waals surface area contributed by atoms with Gasteiger partial charge in [-0.2, -0.15) is 0 Å². The summed E-state index contributed by atoms with van der Waals surface area (Å²) in [6.45, 7) is 6.15. The summed E-state index contributed by atoms with van der Waals surface area (Å²) < 4.78 is 0. The maximum atomic E-state index is 12.3. The fourth-order valence-electron chi connectivity index (χ4n) is 3.05. The zero-order chi connectivity index (χ0) is 15.6. The summed E-state index contributed by atoms with van der Waals surface area (Å²) in [6, 6.07) is 0. The number of carboxylic acids is 1. The molecule has 2 saturated heterocycles. The summed E-state index contributed by atoms with van der Waals surface area (Å²) in [6.07, 6.45) is 1.38. The van der Waals surface area contributed by atoms with E-state index in [1.807, 2.05) is 0 Å². The Bertz CT molecular complexity index is 446. The third-order valence-electron chi connectivity index (χ3n) is 4.65. The van der Waals surface area contributed by atoms with Gasteiger partial charge < -0.3 is 14.9 Å². The highest BCUT2D eigenvalue weighted by Crippen LogP contribution is 2.29. The standard InChI is InChI=1S/C14H23N3O4/c1-11(18)15-6-8-16(9-7-15)12(19)10-17-5-3-4-14(17,2)13(20)21/h3-10H2,1-2H3,(H,20,21). The number of likely N-dealkylation sites (tertiary alicyclic amines) is 1. The SMILES string of the molecule is CC(=O)N1CCN(C(=O)CN2CCCC2(C)C(=O)O)CC1. The molecule has 7 heteroatoms. The van der Waals surface area contributed by atoms with Crippen molar-refractivity contribution >= 4 is 17.8 Å². The molecular weight excluding hydrogens is 274 g/mol. The number of rotatable bonds is 3. The van der Waals surface area contributed by atoms with Crippen molar-refractivity contribution in [1.82, 2.24) is 14.7 Å².